The molecule has 1 aliphatic carbocycles. The van der Waals surface area contributed by atoms with Gasteiger partial charge in [-0.3, -0.25) is 4.79 Å². The lowest BCUT2D eigenvalue weighted by molar-refractivity contribution is -0.151. The summed E-state index contributed by atoms with van der Waals surface area (Å²) in [6.07, 6.45) is 3.45. The van der Waals surface area contributed by atoms with Crippen LogP contribution in [0.15, 0.2) is 5.03 Å². The van der Waals surface area contributed by atoms with Crippen LogP contribution < -0.4 is 0 Å². The van der Waals surface area contributed by atoms with E-state index < -0.39 is 5.60 Å². The van der Waals surface area contributed by atoms with Crippen LogP contribution in [-0.4, -0.2) is 27.3 Å². The maximum atomic E-state index is 11.9. The Morgan fingerprint density at radius 3 is 2.82 bits per heavy atom. The molecular weight excluding hydrogens is 316 g/mol. The number of carbonyl (C=O) groups is 1. The summed E-state index contributed by atoms with van der Waals surface area (Å²) in [5, 5.41) is 2.09. The Bertz CT molecular complexity index is 732. The van der Waals surface area contributed by atoms with Crippen molar-refractivity contribution < 1.29 is 9.53 Å². The van der Waals surface area contributed by atoms with Gasteiger partial charge in [0, 0.05) is 10.3 Å². The van der Waals surface area contributed by atoms with Gasteiger partial charge in [-0.25, -0.2) is 9.97 Å². The van der Waals surface area contributed by atoms with E-state index in [4.69, 9.17) is 4.74 Å². The zero-order valence-corrected chi connectivity index (χ0v) is 15.0. The van der Waals surface area contributed by atoms with Gasteiger partial charge in [-0.05, 0) is 52.5 Å². The number of carbonyl (C=O) groups excluding carboxylic acids is 1. The highest BCUT2D eigenvalue weighted by Crippen LogP contribution is 2.40. The van der Waals surface area contributed by atoms with E-state index in [1.165, 1.54) is 28.6 Å². The fourth-order valence-corrected chi connectivity index (χ4v) is 4.91. The van der Waals surface area contributed by atoms with Crippen LogP contribution in [-0.2, 0) is 22.4 Å². The highest BCUT2D eigenvalue weighted by molar-refractivity contribution is 8.00. The van der Waals surface area contributed by atoms with Crippen molar-refractivity contribution in [2.24, 2.45) is 0 Å². The second kappa shape index (κ2) is 5.81. The van der Waals surface area contributed by atoms with Crippen LogP contribution in [0.25, 0.3) is 10.2 Å². The fourth-order valence-electron chi connectivity index (χ4n) is 2.67. The van der Waals surface area contributed by atoms with Crippen molar-refractivity contribution in [1.29, 1.82) is 0 Å². The minimum atomic E-state index is -0.446. The zero-order chi connectivity index (χ0) is 15.9. The molecule has 0 spiro atoms. The quantitative estimate of drug-likeness (QED) is 0.483. The summed E-state index contributed by atoms with van der Waals surface area (Å²) in [6, 6.07) is 0. The molecule has 0 aromatic carbocycles. The van der Waals surface area contributed by atoms with E-state index in [1.54, 1.807) is 11.3 Å². The van der Waals surface area contributed by atoms with Gasteiger partial charge in [-0.2, -0.15) is 0 Å². The number of nitrogens with zero attached hydrogens (tertiary/aromatic N) is 2. The minimum Gasteiger partial charge on any atom is -0.459 e. The van der Waals surface area contributed by atoms with E-state index in [-0.39, 0.29) is 11.7 Å². The molecule has 2 aromatic rings. The number of aromatic nitrogens is 2. The lowest BCUT2D eigenvalue weighted by atomic mass is 10.2. The van der Waals surface area contributed by atoms with Crippen LogP contribution >= 0.6 is 23.1 Å². The molecule has 3 rings (SSSR count). The molecule has 4 nitrogen and oxygen atoms in total. The molecule has 0 unspecified atom stereocenters. The van der Waals surface area contributed by atoms with Gasteiger partial charge >= 0.3 is 5.97 Å². The topological polar surface area (TPSA) is 52.1 Å². The molecular formula is C16H20N2O2S2. The van der Waals surface area contributed by atoms with Crippen molar-refractivity contribution in [3.63, 3.8) is 0 Å². The molecule has 0 bridgehead atoms. The summed E-state index contributed by atoms with van der Waals surface area (Å²) < 4.78 is 5.38. The van der Waals surface area contributed by atoms with Crippen LogP contribution in [0.1, 0.15) is 43.5 Å². The van der Waals surface area contributed by atoms with E-state index in [0.717, 1.165) is 33.9 Å². The third-order valence-corrected chi connectivity index (χ3v) is 5.52. The molecule has 0 saturated carbocycles. The molecule has 2 aromatic heterocycles. The van der Waals surface area contributed by atoms with Crippen molar-refractivity contribution in [1.82, 2.24) is 9.97 Å². The Hall–Kier alpha value is -1.14. The number of hydrogen-bond acceptors (Lipinski definition) is 6. The molecule has 0 N–H and O–H groups in total. The number of fused-ring (bicyclic) bond motifs is 3. The average molecular weight is 336 g/mol. The Balaban J connectivity index is 1.86. The van der Waals surface area contributed by atoms with E-state index >= 15 is 0 Å². The number of thioether (sulfide) groups is 1. The van der Waals surface area contributed by atoms with Gasteiger partial charge in [-0.15, -0.1) is 11.3 Å². The first-order valence-electron chi connectivity index (χ1n) is 7.47. The molecule has 0 fully saturated rings. The Kier molecular flexibility index (Phi) is 4.16. The minimum absolute atomic E-state index is 0.200. The van der Waals surface area contributed by atoms with Crippen molar-refractivity contribution in [3.8, 4) is 0 Å². The summed E-state index contributed by atoms with van der Waals surface area (Å²) >= 11 is 3.24. The van der Waals surface area contributed by atoms with Crippen LogP contribution in [0.2, 0.25) is 0 Å². The van der Waals surface area contributed by atoms with Gasteiger partial charge in [0.1, 0.15) is 21.3 Å². The van der Waals surface area contributed by atoms with E-state index in [0.29, 0.717) is 0 Å². The molecule has 0 radical (unpaired) electrons. The standard InChI is InChI=1S/C16H20N2O2S2/c1-9-17-14(21-8-12(19)20-16(2,3)4)13-10-6-5-7-11(10)22-15(13)18-9/h5-8H2,1-4H3. The molecule has 0 aliphatic heterocycles. The molecule has 6 heteroatoms. The molecule has 0 atom stereocenters. The number of esters is 1. The first kappa shape index (κ1) is 15.7. The summed E-state index contributed by atoms with van der Waals surface area (Å²) in [7, 11) is 0. The predicted octanol–water partition coefficient (Wildman–Crippen LogP) is 3.92. The average Bonchev–Trinajstić information content (AvgIpc) is 2.93. The Morgan fingerprint density at radius 2 is 2.09 bits per heavy atom. The van der Waals surface area contributed by atoms with Gasteiger partial charge in [0.25, 0.3) is 0 Å². The Labute approximate surface area is 138 Å². The largest absolute Gasteiger partial charge is 0.459 e. The van der Waals surface area contributed by atoms with Gasteiger partial charge in [0.2, 0.25) is 0 Å². The van der Waals surface area contributed by atoms with E-state index in [1.807, 2.05) is 27.7 Å². The highest BCUT2D eigenvalue weighted by Gasteiger charge is 2.23. The number of ether oxygens (including phenoxy) is 1. The van der Waals surface area contributed by atoms with Gasteiger partial charge < -0.3 is 4.74 Å². The molecule has 22 heavy (non-hydrogen) atoms. The normalized spacial score (nSPS) is 14.4. The molecule has 0 saturated heterocycles. The predicted molar refractivity (Wildman–Crippen MR) is 90.7 cm³/mol. The van der Waals surface area contributed by atoms with Crippen molar-refractivity contribution in [3.05, 3.63) is 16.3 Å². The summed E-state index contributed by atoms with van der Waals surface area (Å²) in [4.78, 5) is 23.6. The van der Waals surface area contributed by atoms with Crippen molar-refractivity contribution in [2.75, 3.05) is 5.75 Å². The zero-order valence-electron chi connectivity index (χ0n) is 13.4. The maximum Gasteiger partial charge on any atom is 0.316 e. The lowest BCUT2D eigenvalue weighted by Crippen LogP contribution is -2.24. The van der Waals surface area contributed by atoms with Crippen LogP contribution in [0, 0.1) is 6.92 Å². The molecule has 118 valence electrons. The third kappa shape index (κ3) is 3.27. The summed E-state index contributed by atoms with van der Waals surface area (Å²) in [5.41, 5.74) is 0.949. The molecule has 0 amide bonds. The number of rotatable bonds is 3. The second-order valence-electron chi connectivity index (χ2n) is 6.49. The SMILES string of the molecule is Cc1nc(SCC(=O)OC(C)(C)C)c2c3c(sc2n1)CCC3. The number of aryl methyl sites for hydroxylation is 3. The van der Waals surface area contributed by atoms with Crippen LogP contribution in [0.5, 0.6) is 0 Å². The lowest BCUT2D eigenvalue weighted by Gasteiger charge is -2.19. The first-order valence-corrected chi connectivity index (χ1v) is 9.27. The second-order valence-corrected chi connectivity index (χ2v) is 8.54. The van der Waals surface area contributed by atoms with E-state index in [2.05, 4.69) is 9.97 Å². The van der Waals surface area contributed by atoms with Crippen LogP contribution in [0.4, 0.5) is 0 Å². The smallest absolute Gasteiger partial charge is 0.316 e. The molecule has 1 aliphatic rings. The van der Waals surface area contributed by atoms with Gasteiger partial charge in [-0.1, -0.05) is 11.8 Å². The molecule has 2 heterocycles. The summed E-state index contributed by atoms with van der Waals surface area (Å²) in [6.45, 7) is 7.55. The van der Waals surface area contributed by atoms with Gasteiger partial charge in [0.15, 0.2) is 0 Å². The van der Waals surface area contributed by atoms with Crippen molar-refractivity contribution >= 4 is 39.3 Å². The summed E-state index contributed by atoms with van der Waals surface area (Å²) in [5.74, 6) is 0.848. The maximum absolute atomic E-state index is 11.9. The third-order valence-electron chi connectivity index (χ3n) is 3.39. The van der Waals surface area contributed by atoms with Gasteiger partial charge in [0.05, 0.1) is 5.75 Å². The van der Waals surface area contributed by atoms with Crippen molar-refractivity contribution in [2.45, 2.75) is 57.6 Å². The fraction of sp³-hybridized carbons (Fsp3) is 0.562. The highest BCUT2D eigenvalue weighted by atomic mass is 32.2. The number of thiophene rings is 1. The Morgan fingerprint density at radius 1 is 1.32 bits per heavy atom. The van der Waals surface area contributed by atoms with E-state index in [9.17, 15) is 4.79 Å². The first-order chi connectivity index (χ1) is 10.3. The van der Waals surface area contributed by atoms with Crippen LogP contribution in [0.3, 0.4) is 0 Å². The monoisotopic (exact) mass is 336 g/mol. The number of hydrogen-bond donors (Lipinski definition) is 0.